The van der Waals surface area contributed by atoms with Gasteiger partial charge < -0.3 is 23.7 Å². The standard InChI is InChI=1S/C23H32ClN5O4/c1-22(2,3)33-21(30)29-6-4-23(5-7-29)14-27(15-23)13-16-12-17-18(32-16)19(26-20(24)25-17)28-8-10-31-11-9-28/h12H,4-11,13-15H2,1-3H3. The zero-order valence-electron chi connectivity index (χ0n) is 19.6. The summed E-state index contributed by atoms with van der Waals surface area (Å²) in [7, 11) is 0. The highest BCUT2D eigenvalue weighted by Crippen LogP contribution is 2.41. The van der Waals surface area contributed by atoms with Crippen LogP contribution >= 0.6 is 11.6 Å². The third-order valence-corrected chi connectivity index (χ3v) is 6.83. The fourth-order valence-electron chi connectivity index (χ4n) is 5.04. The SMILES string of the molecule is CC(C)(C)OC(=O)N1CCC2(CC1)CN(Cc1cc3nc(Cl)nc(N4CCOCC4)c3o1)C2. The second-order valence-corrected chi connectivity index (χ2v) is 10.8. The Kier molecular flexibility index (Phi) is 5.91. The van der Waals surface area contributed by atoms with Gasteiger partial charge in [0.1, 0.15) is 16.9 Å². The monoisotopic (exact) mass is 477 g/mol. The molecule has 0 saturated carbocycles. The molecule has 0 N–H and O–H groups in total. The van der Waals surface area contributed by atoms with E-state index in [1.165, 1.54) is 0 Å². The third-order valence-electron chi connectivity index (χ3n) is 6.66. The lowest BCUT2D eigenvalue weighted by Gasteiger charge is -2.53. The third kappa shape index (κ3) is 4.90. The van der Waals surface area contributed by atoms with Crippen LogP contribution in [0.15, 0.2) is 10.5 Å². The number of hydrogen-bond acceptors (Lipinski definition) is 8. The Morgan fingerprint density at radius 2 is 1.85 bits per heavy atom. The fourth-order valence-corrected chi connectivity index (χ4v) is 5.22. The minimum atomic E-state index is -0.456. The van der Waals surface area contributed by atoms with Crippen LogP contribution < -0.4 is 4.90 Å². The van der Waals surface area contributed by atoms with E-state index in [4.69, 9.17) is 25.5 Å². The second kappa shape index (κ2) is 8.60. The zero-order chi connectivity index (χ0) is 23.2. The predicted molar refractivity (Wildman–Crippen MR) is 125 cm³/mol. The molecule has 180 valence electrons. The van der Waals surface area contributed by atoms with Crippen LogP contribution in [0.4, 0.5) is 10.6 Å². The Morgan fingerprint density at radius 3 is 2.52 bits per heavy atom. The molecular weight excluding hydrogens is 446 g/mol. The molecular formula is C23H32ClN5O4. The van der Waals surface area contributed by atoms with Crippen LogP contribution in [0.5, 0.6) is 0 Å². The quantitative estimate of drug-likeness (QED) is 0.620. The van der Waals surface area contributed by atoms with Crippen LogP contribution in [-0.4, -0.2) is 83.9 Å². The number of amides is 1. The van der Waals surface area contributed by atoms with Crippen molar-refractivity contribution in [2.45, 2.75) is 45.8 Å². The Balaban J connectivity index is 1.19. The van der Waals surface area contributed by atoms with Crippen LogP contribution in [-0.2, 0) is 16.0 Å². The van der Waals surface area contributed by atoms with Crippen LogP contribution in [0.2, 0.25) is 5.28 Å². The van der Waals surface area contributed by atoms with Gasteiger partial charge in [-0.25, -0.2) is 9.78 Å². The average molecular weight is 478 g/mol. The summed E-state index contributed by atoms with van der Waals surface area (Å²) < 4.78 is 17.2. The lowest BCUT2D eigenvalue weighted by Crippen LogP contribution is -2.60. The topological polar surface area (TPSA) is 84.2 Å². The number of furan rings is 1. The maximum atomic E-state index is 12.3. The summed E-state index contributed by atoms with van der Waals surface area (Å²) in [6.45, 7) is 12.8. The van der Waals surface area contributed by atoms with E-state index < -0.39 is 5.60 Å². The lowest BCUT2D eigenvalue weighted by atomic mass is 9.72. The molecule has 0 radical (unpaired) electrons. The van der Waals surface area contributed by atoms with Gasteiger partial charge in [-0.3, -0.25) is 4.90 Å². The minimum absolute atomic E-state index is 0.202. The predicted octanol–water partition coefficient (Wildman–Crippen LogP) is 3.55. The van der Waals surface area contributed by atoms with Crippen molar-refractivity contribution >= 4 is 34.6 Å². The fraction of sp³-hybridized carbons (Fsp3) is 0.696. The number of nitrogens with zero attached hydrogens (tertiary/aromatic N) is 5. The molecule has 1 spiro atoms. The molecule has 3 aliphatic heterocycles. The largest absolute Gasteiger partial charge is 0.454 e. The minimum Gasteiger partial charge on any atom is -0.454 e. The molecule has 3 saturated heterocycles. The van der Waals surface area contributed by atoms with E-state index in [1.54, 1.807) is 0 Å². The van der Waals surface area contributed by atoms with Gasteiger partial charge in [0.05, 0.1) is 19.8 Å². The van der Waals surface area contributed by atoms with Crippen molar-refractivity contribution in [1.29, 1.82) is 0 Å². The second-order valence-electron chi connectivity index (χ2n) is 10.5. The summed E-state index contributed by atoms with van der Waals surface area (Å²) in [5, 5.41) is 0.232. The molecule has 2 aromatic heterocycles. The van der Waals surface area contributed by atoms with Crippen LogP contribution in [0.25, 0.3) is 11.1 Å². The molecule has 9 nitrogen and oxygen atoms in total. The molecule has 5 rings (SSSR count). The maximum Gasteiger partial charge on any atom is 0.410 e. The number of rotatable bonds is 3. The van der Waals surface area contributed by atoms with Crippen LogP contribution in [0.1, 0.15) is 39.4 Å². The Hall–Kier alpha value is -2.10. The molecule has 0 unspecified atom stereocenters. The number of anilines is 1. The number of carbonyl (C=O) groups excluding carboxylic acids is 1. The van der Waals surface area contributed by atoms with Crippen LogP contribution in [0, 0.1) is 5.41 Å². The molecule has 3 aliphatic rings. The summed E-state index contributed by atoms with van der Waals surface area (Å²) in [6, 6.07) is 1.98. The molecule has 3 fully saturated rings. The van der Waals surface area contributed by atoms with E-state index in [-0.39, 0.29) is 16.8 Å². The van der Waals surface area contributed by atoms with Crippen molar-refractivity contribution in [1.82, 2.24) is 19.8 Å². The number of fused-ring (bicyclic) bond motifs is 1. The lowest BCUT2D eigenvalue weighted by molar-refractivity contribution is -0.0571. The molecule has 5 heterocycles. The summed E-state index contributed by atoms with van der Waals surface area (Å²) in [4.78, 5) is 27.5. The molecule has 0 atom stereocenters. The molecule has 1 amide bonds. The van der Waals surface area contributed by atoms with Crippen molar-refractivity contribution in [3.8, 4) is 0 Å². The smallest absolute Gasteiger partial charge is 0.410 e. The molecule has 0 aromatic carbocycles. The summed E-state index contributed by atoms with van der Waals surface area (Å²) in [5.41, 5.74) is 1.26. The van der Waals surface area contributed by atoms with E-state index in [1.807, 2.05) is 31.7 Å². The Bertz CT molecular complexity index is 1010. The van der Waals surface area contributed by atoms with E-state index in [0.29, 0.717) is 18.8 Å². The first kappa shape index (κ1) is 22.7. The molecule has 2 aromatic rings. The Labute approximate surface area is 199 Å². The van der Waals surface area contributed by atoms with Gasteiger partial charge in [-0.05, 0) is 50.6 Å². The van der Waals surface area contributed by atoms with Crippen molar-refractivity contribution in [2.75, 3.05) is 57.4 Å². The number of carbonyl (C=O) groups is 1. The number of ether oxygens (including phenoxy) is 2. The number of halogens is 1. The maximum absolute atomic E-state index is 12.3. The first-order chi connectivity index (χ1) is 15.7. The molecule has 10 heteroatoms. The number of hydrogen-bond donors (Lipinski definition) is 0. The van der Waals surface area contributed by atoms with Crippen molar-refractivity contribution in [2.24, 2.45) is 5.41 Å². The van der Waals surface area contributed by atoms with Crippen LogP contribution in [0.3, 0.4) is 0 Å². The first-order valence-corrected chi connectivity index (χ1v) is 12.1. The highest BCUT2D eigenvalue weighted by molar-refractivity contribution is 6.28. The molecule has 0 aliphatic carbocycles. The zero-order valence-corrected chi connectivity index (χ0v) is 20.4. The average Bonchev–Trinajstić information content (AvgIpc) is 3.14. The number of aromatic nitrogens is 2. The van der Waals surface area contributed by atoms with Gasteiger partial charge >= 0.3 is 6.09 Å². The highest BCUT2D eigenvalue weighted by Gasteiger charge is 2.46. The van der Waals surface area contributed by atoms with Crippen molar-refractivity contribution in [3.05, 3.63) is 17.1 Å². The number of piperidine rings is 1. The normalized spacial score (nSPS) is 21.5. The first-order valence-electron chi connectivity index (χ1n) is 11.7. The van der Waals surface area contributed by atoms with Gasteiger partial charge in [0, 0.05) is 45.3 Å². The van der Waals surface area contributed by atoms with E-state index in [0.717, 1.165) is 75.7 Å². The van der Waals surface area contributed by atoms with Gasteiger partial charge in [0.2, 0.25) is 5.28 Å². The number of likely N-dealkylation sites (tertiary alicyclic amines) is 2. The van der Waals surface area contributed by atoms with Gasteiger partial charge in [0.25, 0.3) is 0 Å². The van der Waals surface area contributed by atoms with E-state index in [2.05, 4.69) is 19.8 Å². The summed E-state index contributed by atoms with van der Waals surface area (Å²) in [5.74, 6) is 1.62. The van der Waals surface area contributed by atoms with Crippen molar-refractivity contribution in [3.63, 3.8) is 0 Å². The van der Waals surface area contributed by atoms with Crippen molar-refractivity contribution < 1.29 is 18.7 Å². The molecule has 0 bridgehead atoms. The highest BCUT2D eigenvalue weighted by atomic mass is 35.5. The van der Waals surface area contributed by atoms with Gasteiger partial charge in [-0.1, -0.05) is 0 Å². The summed E-state index contributed by atoms with van der Waals surface area (Å²) >= 11 is 6.19. The van der Waals surface area contributed by atoms with E-state index in [9.17, 15) is 4.79 Å². The Morgan fingerprint density at radius 1 is 1.15 bits per heavy atom. The van der Waals surface area contributed by atoms with E-state index >= 15 is 0 Å². The molecule has 33 heavy (non-hydrogen) atoms. The number of morpholine rings is 1. The van der Waals surface area contributed by atoms with Gasteiger partial charge in [0.15, 0.2) is 11.4 Å². The van der Waals surface area contributed by atoms with Gasteiger partial charge in [-0.15, -0.1) is 0 Å². The van der Waals surface area contributed by atoms with Gasteiger partial charge in [-0.2, -0.15) is 4.98 Å². The summed E-state index contributed by atoms with van der Waals surface area (Å²) in [6.07, 6.45) is 1.81.